The maximum absolute atomic E-state index is 13.5. The predicted molar refractivity (Wildman–Crippen MR) is 80.4 cm³/mol. The van der Waals surface area contributed by atoms with Crippen LogP contribution in [-0.2, 0) is 4.84 Å². The smallest absolute Gasteiger partial charge is 0.162 e. The van der Waals surface area contributed by atoms with Crippen molar-refractivity contribution < 1.29 is 23.8 Å². The van der Waals surface area contributed by atoms with Crippen molar-refractivity contribution in [3.05, 3.63) is 53.4 Å². The van der Waals surface area contributed by atoms with Crippen LogP contribution in [0.1, 0.15) is 32.0 Å². The Morgan fingerprint density at radius 2 is 1.78 bits per heavy atom. The molecule has 0 amide bonds. The lowest BCUT2D eigenvalue weighted by Gasteiger charge is -2.17. The van der Waals surface area contributed by atoms with E-state index in [0.29, 0.717) is 6.07 Å². The van der Waals surface area contributed by atoms with Crippen LogP contribution in [0.15, 0.2) is 35.6 Å². The van der Waals surface area contributed by atoms with E-state index in [1.54, 1.807) is 20.8 Å². The van der Waals surface area contributed by atoms with E-state index in [1.807, 2.05) is 0 Å². The predicted octanol–water partition coefficient (Wildman–Crippen LogP) is 3.34. The third-order valence-electron chi connectivity index (χ3n) is 2.72. The van der Waals surface area contributed by atoms with Crippen molar-refractivity contribution in [3.8, 4) is 11.5 Å². The number of pyridine rings is 1. The van der Waals surface area contributed by atoms with Gasteiger partial charge in [-0.25, -0.2) is 8.78 Å². The second-order valence-electron chi connectivity index (χ2n) is 5.80. The first-order valence-electron chi connectivity index (χ1n) is 6.78. The summed E-state index contributed by atoms with van der Waals surface area (Å²) in [6.45, 7) is 5.20. The van der Waals surface area contributed by atoms with Crippen LogP contribution in [0.25, 0.3) is 0 Å². The molecule has 5 nitrogen and oxygen atoms in total. The standard InChI is InChI=1S/C16H16F2N2O3/c1-16(2,3)23-20-14(15-12(21)5-4-6-19-15)9-7-10(17)11(18)8-13(9)22/h4-8,21-22H,1-3H3/b20-14+. The number of hydrogen-bond acceptors (Lipinski definition) is 5. The second-order valence-corrected chi connectivity index (χ2v) is 5.80. The number of phenols is 1. The van der Waals surface area contributed by atoms with Gasteiger partial charge >= 0.3 is 0 Å². The van der Waals surface area contributed by atoms with Crippen molar-refractivity contribution in [3.63, 3.8) is 0 Å². The molecule has 0 bridgehead atoms. The summed E-state index contributed by atoms with van der Waals surface area (Å²) < 4.78 is 26.8. The summed E-state index contributed by atoms with van der Waals surface area (Å²) in [6.07, 6.45) is 1.39. The first-order valence-corrected chi connectivity index (χ1v) is 6.78. The summed E-state index contributed by atoms with van der Waals surface area (Å²) in [5.74, 6) is -3.16. The number of rotatable bonds is 3. The molecule has 0 saturated carbocycles. The Balaban J connectivity index is 2.64. The molecule has 0 aliphatic rings. The molecule has 1 aromatic heterocycles. The zero-order chi connectivity index (χ0) is 17.2. The van der Waals surface area contributed by atoms with E-state index in [9.17, 15) is 19.0 Å². The van der Waals surface area contributed by atoms with Gasteiger partial charge in [-0.1, -0.05) is 5.16 Å². The van der Waals surface area contributed by atoms with Crippen LogP contribution in [0.5, 0.6) is 11.5 Å². The number of aromatic nitrogens is 1. The third-order valence-corrected chi connectivity index (χ3v) is 2.72. The Labute approximate surface area is 131 Å². The van der Waals surface area contributed by atoms with E-state index in [2.05, 4.69) is 10.1 Å². The van der Waals surface area contributed by atoms with Gasteiger partial charge in [-0.05, 0) is 39.0 Å². The molecular weight excluding hydrogens is 306 g/mol. The highest BCUT2D eigenvalue weighted by Gasteiger charge is 2.21. The van der Waals surface area contributed by atoms with Gasteiger partial charge in [-0.15, -0.1) is 0 Å². The van der Waals surface area contributed by atoms with E-state index in [-0.39, 0.29) is 22.7 Å². The number of hydrogen-bond donors (Lipinski definition) is 2. The average molecular weight is 322 g/mol. The van der Waals surface area contributed by atoms with Gasteiger partial charge in [0.05, 0.1) is 5.56 Å². The highest BCUT2D eigenvalue weighted by molar-refractivity contribution is 6.14. The van der Waals surface area contributed by atoms with Crippen molar-refractivity contribution in [1.82, 2.24) is 4.98 Å². The maximum atomic E-state index is 13.5. The fourth-order valence-electron chi connectivity index (χ4n) is 1.71. The SMILES string of the molecule is CC(C)(C)O/N=C(\c1cc(F)c(F)cc1O)c1ncccc1O. The molecule has 0 spiro atoms. The summed E-state index contributed by atoms with van der Waals surface area (Å²) in [5.41, 5.74) is -0.973. The van der Waals surface area contributed by atoms with Gasteiger partial charge in [0, 0.05) is 12.3 Å². The Bertz CT molecular complexity index is 755. The minimum Gasteiger partial charge on any atom is -0.507 e. The van der Waals surface area contributed by atoms with E-state index in [4.69, 9.17) is 4.84 Å². The average Bonchev–Trinajstić information content (AvgIpc) is 2.45. The maximum Gasteiger partial charge on any atom is 0.162 e. The number of halogens is 2. The largest absolute Gasteiger partial charge is 0.507 e. The van der Waals surface area contributed by atoms with Crippen LogP contribution in [0, 0.1) is 11.6 Å². The van der Waals surface area contributed by atoms with Gasteiger partial charge in [0.25, 0.3) is 0 Å². The van der Waals surface area contributed by atoms with Crippen LogP contribution in [-0.4, -0.2) is 26.5 Å². The Kier molecular flexibility index (Phi) is 4.49. The lowest BCUT2D eigenvalue weighted by Crippen LogP contribution is -2.18. The van der Waals surface area contributed by atoms with Crippen LogP contribution >= 0.6 is 0 Å². The molecule has 0 fully saturated rings. The zero-order valence-corrected chi connectivity index (χ0v) is 12.8. The van der Waals surface area contributed by atoms with Crippen LogP contribution in [0.3, 0.4) is 0 Å². The first kappa shape index (κ1) is 16.7. The summed E-state index contributed by atoms with van der Waals surface area (Å²) in [5, 5.41) is 23.7. The molecule has 122 valence electrons. The number of oxime groups is 1. The summed E-state index contributed by atoms with van der Waals surface area (Å²) in [6, 6.07) is 4.24. The molecule has 0 radical (unpaired) electrons. The van der Waals surface area contributed by atoms with Crippen LogP contribution in [0.4, 0.5) is 8.78 Å². The number of phenolic OH excluding ortho intramolecular Hbond substituents is 1. The lowest BCUT2D eigenvalue weighted by atomic mass is 10.0. The minimum absolute atomic E-state index is 0.0296. The van der Waals surface area contributed by atoms with Gasteiger partial charge in [0.15, 0.2) is 11.6 Å². The molecule has 0 aliphatic heterocycles. The minimum atomic E-state index is -1.20. The molecule has 0 atom stereocenters. The summed E-state index contributed by atoms with van der Waals surface area (Å²) >= 11 is 0. The van der Waals surface area contributed by atoms with Gasteiger partial charge in [-0.3, -0.25) is 4.98 Å². The van der Waals surface area contributed by atoms with E-state index in [1.165, 1.54) is 18.3 Å². The third kappa shape index (κ3) is 3.94. The van der Waals surface area contributed by atoms with E-state index < -0.39 is 23.0 Å². The van der Waals surface area contributed by atoms with E-state index in [0.717, 1.165) is 6.07 Å². The number of benzene rings is 1. The fraction of sp³-hybridized carbons (Fsp3) is 0.250. The Morgan fingerprint density at radius 1 is 1.13 bits per heavy atom. The van der Waals surface area contributed by atoms with Crippen molar-refractivity contribution in [2.45, 2.75) is 26.4 Å². The number of nitrogens with zero attached hydrogens (tertiary/aromatic N) is 2. The molecule has 2 aromatic rings. The Hall–Kier alpha value is -2.70. The summed E-state index contributed by atoms with van der Waals surface area (Å²) in [4.78, 5) is 9.25. The van der Waals surface area contributed by atoms with E-state index >= 15 is 0 Å². The van der Waals surface area contributed by atoms with Gasteiger partial charge in [0.1, 0.15) is 28.5 Å². The molecule has 0 saturated heterocycles. The van der Waals surface area contributed by atoms with Crippen LogP contribution in [0.2, 0.25) is 0 Å². The molecule has 1 heterocycles. The molecule has 1 aromatic carbocycles. The van der Waals surface area contributed by atoms with Crippen LogP contribution < -0.4 is 0 Å². The lowest BCUT2D eigenvalue weighted by molar-refractivity contribution is 0.00108. The van der Waals surface area contributed by atoms with Crippen molar-refractivity contribution in [2.75, 3.05) is 0 Å². The monoisotopic (exact) mass is 322 g/mol. The highest BCUT2D eigenvalue weighted by Crippen LogP contribution is 2.27. The quantitative estimate of drug-likeness (QED) is 0.671. The fourth-order valence-corrected chi connectivity index (χ4v) is 1.71. The topological polar surface area (TPSA) is 74.9 Å². The molecule has 7 heteroatoms. The highest BCUT2D eigenvalue weighted by atomic mass is 19.2. The normalized spacial score (nSPS) is 12.3. The molecule has 23 heavy (non-hydrogen) atoms. The van der Waals surface area contributed by atoms with Crippen molar-refractivity contribution >= 4 is 5.71 Å². The van der Waals surface area contributed by atoms with Gasteiger partial charge in [0.2, 0.25) is 0 Å². The molecule has 2 rings (SSSR count). The van der Waals surface area contributed by atoms with Crippen molar-refractivity contribution in [1.29, 1.82) is 0 Å². The summed E-state index contributed by atoms with van der Waals surface area (Å²) in [7, 11) is 0. The second kappa shape index (κ2) is 6.20. The Morgan fingerprint density at radius 3 is 2.39 bits per heavy atom. The molecule has 0 unspecified atom stereocenters. The molecule has 2 N–H and O–H groups in total. The van der Waals surface area contributed by atoms with Crippen molar-refractivity contribution in [2.24, 2.45) is 5.16 Å². The first-order chi connectivity index (χ1) is 10.7. The molecule has 0 aliphatic carbocycles. The molecular formula is C16H16F2N2O3. The number of aromatic hydroxyl groups is 2. The zero-order valence-electron chi connectivity index (χ0n) is 12.8. The van der Waals surface area contributed by atoms with Gasteiger partial charge in [-0.2, -0.15) is 0 Å². The van der Waals surface area contributed by atoms with Gasteiger partial charge < -0.3 is 15.1 Å².